The number of benzene rings is 1. The highest BCUT2D eigenvalue weighted by Gasteiger charge is 2.17. The van der Waals surface area contributed by atoms with Gasteiger partial charge < -0.3 is 20.1 Å². The number of nitrogens with one attached hydrogen (secondary N) is 2. The predicted octanol–water partition coefficient (Wildman–Crippen LogP) is 3.08. The number of hydrogen-bond donors (Lipinski definition) is 2. The maximum Gasteiger partial charge on any atom is 0.191 e. The first-order valence-electron chi connectivity index (χ1n) is 10.3. The minimum Gasteiger partial charge on any atom is -0.491 e. The van der Waals surface area contributed by atoms with Gasteiger partial charge in [-0.2, -0.15) is 0 Å². The van der Waals surface area contributed by atoms with Crippen LogP contribution >= 0.6 is 24.0 Å². The SMILES string of the molecule is CN=C(NCc1ccc(C)cc1OCC1CCCO1)NCc1nnc2ccccn12.I. The van der Waals surface area contributed by atoms with Crippen LogP contribution in [0.3, 0.4) is 0 Å². The van der Waals surface area contributed by atoms with Gasteiger partial charge in [-0.25, -0.2) is 0 Å². The summed E-state index contributed by atoms with van der Waals surface area (Å²) >= 11 is 0. The predicted molar refractivity (Wildman–Crippen MR) is 131 cm³/mol. The highest BCUT2D eigenvalue weighted by Crippen LogP contribution is 2.22. The van der Waals surface area contributed by atoms with Crippen molar-refractivity contribution in [1.82, 2.24) is 25.2 Å². The number of fused-ring (bicyclic) bond motifs is 1. The molecular formula is C22H29IN6O2. The van der Waals surface area contributed by atoms with Crippen molar-refractivity contribution >= 4 is 35.6 Å². The van der Waals surface area contributed by atoms with Crippen molar-refractivity contribution in [2.75, 3.05) is 20.3 Å². The van der Waals surface area contributed by atoms with E-state index in [9.17, 15) is 0 Å². The number of hydrogen-bond acceptors (Lipinski definition) is 5. The first-order valence-corrected chi connectivity index (χ1v) is 10.3. The third-order valence-electron chi connectivity index (χ3n) is 5.14. The van der Waals surface area contributed by atoms with Crippen molar-refractivity contribution in [2.45, 2.75) is 39.0 Å². The van der Waals surface area contributed by atoms with Crippen LogP contribution in [-0.4, -0.2) is 46.9 Å². The zero-order valence-electron chi connectivity index (χ0n) is 17.9. The third kappa shape index (κ3) is 6.07. The summed E-state index contributed by atoms with van der Waals surface area (Å²) in [4.78, 5) is 4.32. The second-order valence-corrected chi connectivity index (χ2v) is 7.38. The van der Waals surface area contributed by atoms with Gasteiger partial charge >= 0.3 is 0 Å². The Morgan fingerprint density at radius 3 is 2.90 bits per heavy atom. The molecule has 2 N–H and O–H groups in total. The van der Waals surface area contributed by atoms with Gasteiger partial charge in [0.05, 0.1) is 12.6 Å². The molecule has 0 radical (unpaired) electrons. The molecule has 0 spiro atoms. The molecule has 1 aliphatic rings. The van der Waals surface area contributed by atoms with E-state index in [0.29, 0.717) is 25.7 Å². The van der Waals surface area contributed by atoms with Crippen molar-refractivity contribution < 1.29 is 9.47 Å². The molecular weight excluding hydrogens is 507 g/mol. The van der Waals surface area contributed by atoms with Crippen molar-refractivity contribution in [1.29, 1.82) is 0 Å². The molecule has 1 aromatic carbocycles. The zero-order chi connectivity index (χ0) is 20.8. The summed E-state index contributed by atoms with van der Waals surface area (Å²) in [6.07, 6.45) is 4.32. The van der Waals surface area contributed by atoms with E-state index in [4.69, 9.17) is 9.47 Å². The maximum atomic E-state index is 6.09. The van der Waals surface area contributed by atoms with Crippen LogP contribution in [0.1, 0.15) is 29.8 Å². The molecule has 0 bridgehead atoms. The van der Waals surface area contributed by atoms with E-state index < -0.39 is 0 Å². The number of guanidine groups is 1. The Morgan fingerprint density at radius 2 is 2.10 bits per heavy atom. The maximum absolute atomic E-state index is 6.09. The van der Waals surface area contributed by atoms with Gasteiger partial charge in [-0.1, -0.05) is 18.2 Å². The Balaban J connectivity index is 0.00000272. The van der Waals surface area contributed by atoms with Crippen LogP contribution in [0.2, 0.25) is 0 Å². The zero-order valence-corrected chi connectivity index (χ0v) is 20.2. The van der Waals surface area contributed by atoms with Gasteiger partial charge in [0.15, 0.2) is 17.4 Å². The van der Waals surface area contributed by atoms with Gasteiger partial charge in [0.25, 0.3) is 0 Å². The molecule has 1 unspecified atom stereocenters. The number of ether oxygens (including phenoxy) is 2. The first-order chi connectivity index (χ1) is 14.7. The Hall–Kier alpha value is -2.40. The van der Waals surface area contributed by atoms with Crippen molar-refractivity contribution in [3.63, 3.8) is 0 Å². The van der Waals surface area contributed by atoms with E-state index in [1.807, 2.05) is 28.8 Å². The number of halogens is 1. The third-order valence-corrected chi connectivity index (χ3v) is 5.14. The number of rotatable bonds is 7. The highest BCUT2D eigenvalue weighted by molar-refractivity contribution is 14.0. The van der Waals surface area contributed by atoms with Crippen molar-refractivity contribution in [2.24, 2.45) is 4.99 Å². The summed E-state index contributed by atoms with van der Waals surface area (Å²) in [7, 11) is 1.75. The standard InChI is InChI=1S/C22H28N6O2.HI/c1-16-8-9-17(19(12-16)30-15-18-6-5-11-29-18)13-24-22(23-2)25-14-21-27-26-20-7-3-4-10-28(20)21;/h3-4,7-10,12,18H,5-6,11,13-15H2,1-2H3,(H2,23,24,25);1H. The van der Waals surface area contributed by atoms with E-state index in [0.717, 1.165) is 42.2 Å². The Labute approximate surface area is 199 Å². The van der Waals surface area contributed by atoms with Gasteiger partial charge in [-0.3, -0.25) is 9.39 Å². The lowest BCUT2D eigenvalue weighted by Gasteiger charge is -2.17. The minimum absolute atomic E-state index is 0. The topological polar surface area (TPSA) is 85.1 Å². The van der Waals surface area contributed by atoms with E-state index in [-0.39, 0.29) is 30.1 Å². The fourth-order valence-corrected chi connectivity index (χ4v) is 3.47. The summed E-state index contributed by atoms with van der Waals surface area (Å²) in [5, 5.41) is 15.1. The second kappa shape index (κ2) is 11.3. The molecule has 2 aromatic heterocycles. The van der Waals surface area contributed by atoms with Crippen molar-refractivity contribution in [3.05, 3.63) is 59.5 Å². The molecule has 1 saturated heterocycles. The molecule has 31 heavy (non-hydrogen) atoms. The number of nitrogens with zero attached hydrogens (tertiary/aromatic N) is 4. The lowest BCUT2D eigenvalue weighted by molar-refractivity contribution is 0.0676. The van der Waals surface area contributed by atoms with Crippen molar-refractivity contribution in [3.8, 4) is 5.75 Å². The fraction of sp³-hybridized carbons (Fsp3) is 0.409. The second-order valence-electron chi connectivity index (χ2n) is 7.38. The Bertz CT molecular complexity index is 1020. The van der Waals surface area contributed by atoms with Gasteiger partial charge in [0.2, 0.25) is 0 Å². The van der Waals surface area contributed by atoms with E-state index in [1.165, 1.54) is 5.56 Å². The molecule has 0 amide bonds. The molecule has 9 heteroatoms. The van der Waals surface area contributed by atoms with E-state index in [1.54, 1.807) is 7.05 Å². The summed E-state index contributed by atoms with van der Waals surface area (Å²) in [5.41, 5.74) is 3.07. The summed E-state index contributed by atoms with van der Waals surface area (Å²) in [6, 6.07) is 12.1. The van der Waals surface area contributed by atoms with Gasteiger partial charge in [0.1, 0.15) is 12.4 Å². The average Bonchev–Trinajstić information content (AvgIpc) is 3.43. The Morgan fingerprint density at radius 1 is 1.23 bits per heavy atom. The van der Waals surface area contributed by atoms with Gasteiger partial charge in [0, 0.05) is 32.0 Å². The summed E-state index contributed by atoms with van der Waals surface area (Å²) in [5.74, 6) is 2.40. The molecule has 1 fully saturated rings. The lowest BCUT2D eigenvalue weighted by Crippen LogP contribution is -2.36. The van der Waals surface area contributed by atoms with E-state index in [2.05, 4.69) is 50.9 Å². The molecule has 0 saturated carbocycles. The molecule has 0 aliphatic carbocycles. The minimum atomic E-state index is 0. The summed E-state index contributed by atoms with van der Waals surface area (Å²) in [6.45, 7) is 4.60. The van der Waals surface area contributed by atoms with Crippen LogP contribution in [-0.2, 0) is 17.8 Å². The normalized spacial score (nSPS) is 16.2. The number of pyridine rings is 1. The van der Waals surface area contributed by atoms with Crippen LogP contribution in [0.25, 0.3) is 5.65 Å². The molecule has 3 heterocycles. The van der Waals surface area contributed by atoms with Crippen LogP contribution in [0, 0.1) is 6.92 Å². The van der Waals surface area contributed by atoms with Crippen LogP contribution in [0.15, 0.2) is 47.6 Å². The van der Waals surface area contributed by atoms with Crippen LogP contribution in [0.5, 0.6) is 5.75 Å². The lowest BCUT2D eigenvalue weighted by atomic mass is 10.1. The van der Waals surface area contributed by atoms with Gasteiger partial charge in [-0.05, 0) is 43.5 Å². The molecule has 1 aliphatic heterocycles. The van der Waals surface area contributed by atoms with Gasteiger partial charge in [-0.15, -0.1) is 34.2 Å². The first kappa shape index (κ1) is 23.3. The molecule has 166 valence electrons. The molecule has 8 nitrogen and oxygen atoms in total. The largest absolute Gasteiger partial charge is 0.491 e. The molecule has 4 rings (SSSR count). The fourth-order valence-electron chi connectivity index (χ4n) is 3.47. The summed E-state index contributed by atoms with van der Waals surface area (Å²) < 4.78 is 13.7. The smallest absolute Gasteiger partial charge is 0.191 e. The van der Waals surface area contributed by atoms with E-state index >= 15 is 0 Å². The Kier molecular flexibility index (Phi) is 8.47. The number of aliphatic imine (C=N–C) groups is 1. The monoisotopic (exact) mass is 536 g/mol. The molecule has 1 atom stereocenters. The van der Waals surface area contributed by atoms with Crippen LogP contribution < -0.4 is 15.4 Å². The number of aryl methyl sites for hydroxylation is 1. The average molecular weight is 536 g/mol. The number of aromatic nitrogens is 3. The highest BCUT2D eigenvalue weighted by atomic mass is 127. The van der Waals surface area contributed by atoms with Crippen LogP contribution in [0.4, 0.5) is 0 Å². The molecule has 3 aromatic rings. The quantitative estimate of drug-likeness (QED) is 0.275.